The summed E-state index contributed by atoms with van der Waals surface area (Å²) in [6.07, 6.45) is 0. The number of rotatable bonds is 5. The van der Waals surface area contributed by atoms with Crippen LogP contribution in [-0.4, -0.2) is 19.5 Å². The molecule has 4 heterocycles. The van der Waals surface area contributed by atoms with E-state index in [1.165, 1.54) is 21.5 Å². The number of hydrogen-bond acceptors (Lipinski definition) is 5. The predicted molar refractivity (Wildman–Crippen MR) is 248 cm³/mol. The van der Waals surface area contributed by atoms with Gasteiger partial charge < -0.3 is 13.4 Å². The van der Waals surface area contributed by atoms with Crippen molar-refractivity contribution in [2.75, 3.05) is 0 Å². The van der Waals surface area contributed by atoms with Gasteiger partial charge in [0.15, 0.2) is 17.5 Å². The average molecular weight is 781 g/mol. The summed E-state index contributed by atoms with van der Waals surface area (Å²) < 4.78 is 15.5. The molecule has 0 radical (unpaired) electrons. The number of aromatic nitrogens is 4. The van der Waals surface area contributed by atoms with Gasteiger partial charge in [-0.25, -0.2) is 15.0 Å². The third kappa shape index (κ3) is 5.32. The van der Waals surface area contributed by atoms with Crippen molar-refractivity contribution >= 4 is 76.5 Å². The van der Waals surface area contributed by atoms with Gasteiger partial charge in [0, 0.05) is 43.6 Å². The van der Waals surface area contributed by atoms with Gasteiger partial charge in [0.05, 0.1) is 22.1 Å². The van der Waals surface area contributed by atoms with E-state index in [9.17, 15) is 0 Å². The number of nitrogens with zero attached hydrogens (tertiary/aromatic N) is 4. The lowest BCUT2D eigenvalue weighted by atomic mass is 10.0. The molecule has 0 unspecified atom stereocenters. The largest absolute Gasteiger partial charge is 0.456 e. The first-order valence-electron chi connectivity index (χ1n) is 20.4. The van der Waals surface area contributed by atoms with E-state index >= 15 is 0 Å². The van der Waals surface area contributed by atoms with Gasteiger partial charge in [-0.2, -0.15) is 0 Å². The fourth-order valence-electron chi connectivity index (χ4n) is 9.15. The molecule has 6 nitrogen and oxygen atoms in total. The SMILES string of the molecule is c1ccc(-c2cccc(-c3nc(-c4ccc5c(c4)oc4ccccc45)nc(-c4cc(-n5c6ccccc6c6cc7ccccc7cc65)c5c(c4)oc4ccccc45)n3)c2)cc1. The van der Waals surface area contributed by atoms with Gasteiger partial charge in [0.25, 0.3) is 0 Å². The van der Waals surface area contributed by atoms with Gasteiger partial charge in [-0.05, 0) is 82.6 Å². The summed E-state index contributed by atoms with van der Waals surface area (Å²) in [5, 5.41) is 8.92. The quantitative estimate of drug-likeness (QED) is 0.174. The number of fused-ring (bicyclic) bond motifs is 10. The number of benzene rings is 9. The van der Waals surface area contributed by atoms with Crippen molar-refractivity contribution < 1.29 is 8.83 Å². The Morgan fingerprint density at radius 3 is 1.70 bits per heavy atom. The summed E-state index contributed by atoms with van der Waals surface area (Å²) in [4.78, 5) is 15.7. The molecule has 0 atom stereocenters. The van der Waals surface area contributed by atoms with Crippen LogP contribution in [0.1, 0.15) is 0 Å². The highest BCUT2D eigenvalue weighted by Crippen LogP contribution is 2.42. The van der Waals surface area contributed by atoms with Gasteiger partial charge in [0.2, 0.25) is 0 Å². The summed E-state index contributed by atoms with van der Waals surface area (Å²) in [6, 6.07) is 67.5. The van der Waals surface area contributed by atoms with E-state index in [0.29, 0.717) is 17.5 Å². The van der Waals surface area contributed by atoms with E-state index in [0.717, 1.165) is 88.4 Å². The van der Waals surface area contributed by atoms with E-state index in [1.807, 2.05) is 42.5 Å². The van der Waals surface area contributed by atoms with Gasteiger partial charge in [0.1, 0.15) is 22.3 Å². The molecule has 0 saturated carbocycles. The number of hydrogen-bond donors (Lipinski definition) is 0. The van der Waals surface area contributed by atoms with Crippen molar-refractivity contribution in [1.82, 2.24) is 19.5 Å². The maximum Gasteiger partial charge on any atom is 0.164 e. The molecule has 284 valence electrons. The molecule has 0 bridgehead atoms. The molecule has 0 aliphatic rings. The summed E-state index contributed by atoms with van der Waals surface area (Å²) in [6.45, 7) is 0. The first kappa shape index (κ1) is 33.6. The van der Waals surface area contributed by atoms with Crippen molar-refractivity contribution in [1.29, 1.82) is 0 Å². The maximum atomic E-state index is 6.72. The Labute approximate surface area is 348 Å². The van der Waals surface area contributed by atoms with Gasteiger partial charge in [-0.15, -0.1) is 0 Å². The van der Waals surface area contributed by atoms with E-state index in [1.54, 1.807) is 0 Å². The standard InChI is InChI=1S/C55H32N4O2/c1-2-13-33(14-3-1)34-17-12-18-37(27-34)53-56-54(38-25-26-42-41-20-7-10-23-48(41)60-50(42)31-38)58-55(57-53)39-30-47(52-43-21-8-11-24-49(43)61-51(52)32-39)59-45-22-9-6-19-40(45)44-28-35-15-4-5-16-36(35)29-46(44)59/h1-32H. The molecule has 9 aromatic carbocycles. The summed E-state index contributed by atoms with van der Waals surface area (Å²) >= 11 is 0. The van der Waals surface area contributed by atoms with E-state index in [2.05, 4.69) is 156 Å². The zero-order valence-corrected chi connectivity index (χ0v) is 32.6. The van der Waals surface area contributed by atoms with Crippen LogP contribution in [0.4, 0.5) is 0 Å². The van der Waals surface area contributed by atoms with Crippen LogP contribution < -0.4 is 0 Å². The Morgan fingerprint density at radius 2 is 0.885 bits per heavy atom. The van der Waals surface area contributed by atoms with Crippen LogP contribution >= 0.6 is 0 Å². The van der Waals surface area contributed by atoms with E-state index < -0.39 is 0 Å². The molecule has 4 aromatic heterocycles. The first-order chi connectivity index (χ1) is 30.2. The van der Waals surface area contributed by atoms with Crippen molar-refractivity contribution in [3.8, 4) is 51.0 Å². The molecule has 13 rings (SSSR count). The minimum absolute atomic E-state index is 0.532. The van der Waals surface area contributed by atoms with Crippen molar-refractivity contribution in [2.24, 2.45) is 0 Å². The molecule has 13 aromatic rings. The van der Waals surface area contributed by atoms with Crippen LogP contribution in [0, 0.1) is 0 Å². The molecule has 0 saturated heterocycles. The summed E-state index contributed by atoms with van der Waals surface area (Å²) in [5.74, 6) is 1.64. The van der Waals surface area contributed by atoms with Crippen LogP contribution in [0.3, 0.4) is 0 Å². The fraction of sp³-hybridized carbons (Fsp3) is 0. The number of para-hydroxylation sites is 3. The zero-order chi connectivity index (χ0) is 40.0. The van der Waals surface area contributed by atoms with E-state index in [4.69, 9.17) is 23.8 Å². The molecular formula is C55H32N4O2. The Bertz CT molecular complexity index is 3900. The van der Waals surface area contributed by atoms with Gasteiger partial charge >= 0.3 is 0 Å². The number of furan rings is 2. The molecule has 0 amide bonds. The van der Waals surface area contributed by atoms with Crippen LogP contribution in [0.5, 0.6) is 0 Å². The minimum atomic E-state index is 0.532. The first-order valence-corrected chi connectivity index (χ1v) is 20.4. The molecule has 0 fully saturated rings. The van der Waals surface area contributed by atoms with Crippen molar-refractivity contribution in [3.05, 3.63) is 194 Å². The third-order valence-corrected chi connectivity index (χ3v) is 12.0. The van der Waals surface area contributed by atoms with Crippen LogP contribution in [0.2, 0.25) is 0 Å². The highest BCUT2D eigenvalue weighted by atomic mass is 16.3. The molecule has 61 heavy (non-hydrogen) atoms. The van der Waals surface area contributed by atoms with Crippen molar-refractivity contribution in [2.45, 2.75) is 0 Å². The zero-order valence-electron chi connectivity index (χ0n) is 32.6. The van der Waals surface area contributed by atoms with Crippen molar-refractivity contribution in [3.63, 3.8) is 0 Å². The van der Waals surface area contributed by atoms with Gasteiger partial charge in [-0.1, -0.05) is 133 Å². The van der Waals surface area contributed by atoms with E-state index in [-0.39, 0.29) is 0 Å². The normalized spacial score (nSPS) is 11.9. The van der Waals surface area contributed by atoms with Crippen LogP contribution in [0.15, 0.2) is 203 Å². The smallest absolute Gasteiger partial charge is 0.164 e. The average Bonchev–Trinajstić information content (AvgIpc) is 4.00. The summed E-state index contributed by atoms with van der Waals surface area (Å²) in [5.41, 5.74) is 11.1. The second-order valence-corrected chi connectivity index (χ2v) is 15.6. The molecule has 0 N–H and O–H groups in total. The second kappa shape index (κ2) is 13.1. The second-order valence-electron chi connectivity index (χ2n) is 15.6. The Kier molecular flexibility index (Phi) is 7.21. The molecule has 0 aliphatic carbocycles. The third-order valence-electron chi connectivity index (χ3n) is 12.0. The van der Waals surface area contributed by atoms with Gasteiger partial charge in [-0.3, -0.25) is 0 Å². The molecule has 0 spiro atoms. The monoisotopic (exact) mass is 780 g/mol. The Balaban J connectivity index is 1.09. The minimum Gasteiger partial charge on any atom is -0.456 e. The lowest BCUT2D eigenvalue weighted by Crippen LogP contribution is -2.02. The molecule has 6 heteroatoms. The lowest BCUT2D eigenvalue weighted by Gasteiger charge is -2.13. The Morgan fingerprint density at radius 1 is 0.311 bits per heavy atom. The predicted octanol–water partition coefficient (Wildman–Crippen LogP) is 14.6. The topological polar surface area (TPSA) is 69.9 Å². The van der Waals surface area contributed by atoms with Crippen LogP contribution in [-0.2, 0) is 0 Å². The molecule has 0 aliphatic heterocycles. The summed E-state index contributed by atoms with van der Waals surface area (Å²) in [7, 11) is 0. The highest BCUT2D eigenvalue weighted by molar-refractivity contribution is 6.17. The lowest BCUT2D eigenvalue weighted by molar-refractivity contribution is 0.668. The highest BCUT2D eigenvalue weighted by Gasteiger charge is 2.22. The molecular weight excluding hydrogens is 749 g/mol. The maximum absolute atomic E-state index is 6.72. The Hall–Kier alpha value is -8.35. The van der Waals surface area contributed by atoms with Crippen LogP contribution in [0.25, 0.3) is 127 Å². The fourth-order valence-corrected chi connectivity index (χ4v) is 9.15.